The summed E-state index contributed by atoms with van der Waals surface area (Å²) in [7, 11) is 0. The number of halogens is 1. The van der Waals surface area contributed by atoms with Crippen LogP contribution in [0.2, 0.25) is 0 Å². The van der Waals surface area contributed by atoms with E-state index in [0.717, 1.165) is 12.1 Å². The highest BCUT2D eigenvalue weighted by atomic mass is 19.1. The second-order valence-corrected chi connectivity index (χ2v) is 2.60. The smallest absolute Gasteiger partial charge is 0.314 e. The van der Waals surface area contributed by atoms with E-state index in [1.807, 2.05) is 0 Å². The van der Waals surface area contributed by atoms with Crippen LogP contribution in [0.15, 0.2) is 18.2 Å². The summed E-state index contributed by atoms with van der Waals surface area (Å²) in [5, 5.41) is 18.7. The Morgan fingerprint density at radius 1 is 1.60 bits per heavy atom. The molecule has 0 unspecified atom stereocenters. The fourth-order valence-corrected chi connectivity index (χ4v) is 0.983. The maximum Gasteiger partial charge on any atom is 0.314 e. The van der Waals surface area contributed by atoms with Crippen LogP contribution in [-0.4, -0.2) is 11.5 Å². The van der Waals surface area contributed by atoms with E-state index in [2.05, 4.69) is 0 Å². The maximum absolute atomic E-state index is 13.1. The largest absolute Gasteiger partial charge is 0.484 e. The van der Waals surface area contributed by atoms with Crippen molar-refractivity contribution in [3.63, 3.8) is 0 Å². The van der Waals surface area contributed by atoms with Crippen LogP contribution in [0.1, 0.15) is 6.42 Å². The second-order valence-electron chi connectivity index (χ2n) is 2.60. The van der Waals surface area contributed by atoms with Crippen LogP contribution < -0.4 is 4.74 Å². The molecule has 1 aromatic rings. The maximum atomic E-state index is 13.1. The Labute approximate surface area is 84.9 Å². The molecule has 0 aromatic heterocycles. The molecule has 0 aliphatic rings. The van der Waals surface area contributed by atoms with Gasteiger partial charge in [0.25, 0.3) is 0 Å². The van der Waals surface area contributed by atoms with Crippen molar-refractivity contribution < 1.29 is 14.1 Å². The van der Waals surface area contributed by atoms with Crippen LogP contribution in [0.4, 0.5) is 10.1 Å². The Kier molecular flexibility index (Phi) is 3.57. The predicted molar refractivity (Wildman–Crippen MR) is 48.8 cm³/mol. The number of hydrogen-bond acceptors (Lipinski definition) is 4. The standard InChI is InChI=1S/C9H7FN2O3/c10-7-3-1-4-8(12(13)14)9(7)15-6-2-5-11/h1,3-4H,2,6H2. The molecule has 15 heavy (non-hydrogen) atoms. The van der Waals surface area contributed by atoms with Gasteiger partial charge in [0, 0.05) is 6.07 Å². The molecule has 0 atom stereocenters. The quantitative estimate of drug-likeness (QED) is 0.432. The lowest BCUT2D eigenvalue weighted by Crippen LogP contribution is -2.01. The van der Waals surface area contributed by atoms with Gasteiger partial charge in [-0.05, 0) is 6.07 Å². The molecule has 0 amide bonds. The molecule has 0 spiro atoms. The first-order chi connectivity index (χ1) is 7.16. The van der Waals surface area contributed by atoms with E-state index < -0.39 is 22.2 Å². The van der Waals surface area contributed by atoms with Gasteiger partial charge in [-0.1, -0.05) is 6.07 Å². The van der Waals surface area contributed by atoms with Crippen molar-refractivity contribution in [1.82, 2.24) is 0 Å². The van der Waals surface area contributed by atoms with Gasteiger partial charge in [0.15, 0.2) is 5.82 Å². The first-order valence-electron chi connectivity index (χ1n) is 4.09. The zero-order valence-electron chi connectivity index (χ0n) is 7.64. The van der Waals surface area contributed by atoms with Gasteiger partial charge < -0.3 is 4.74 Å². The third-order valence-corrected chi connectivity index (χ3v) is 1.60. The zero-order chi connectivity index (χ0) is 11.3. The number of nitro groups is 1. The summed E-state index contributed by atoms with van der Waals surface area (Å²) in [6.45, 7) is -0.0712. The van der Waals surface area contributed by atoms with E-state index in [9.17, 15) is 14.5 Å². The molecular formula is C9H7FN2O3. The SMILES string of the molecule is N#CCCOc1c(F)cccc1[N+](=O)[O-]. The van der Waals surface area contributed by atoms with Gasteiger partial charge >= 0.3 is 5.69 Å². The number of nitrogens with zero attached hydrogens (tertiary/aromatic N) is 2. The minimum absolute atomic E-state index is 0.0471. The van der Waals surface area contributed by atoms with Crippen molar-refractivity contribution in [3.8, 4) is 11.8 Å². The third kappa shape index (κ3) is 2.64. The normalized spacial score (nSPS) is 9.33. The highest BCUT2D eigenvalue weighted by Gasteiger charge is 2.18. The summed E-state index contributed by atoms with van der Waals surface area (Å²) in [5.41, 5.74) is -0.437. The minimum Gasteiger partial charge on any atom is -0.484 e. The number of hydrogen-bond donors (Lipinski definition) is 0. The summed E-state index contributed by atoms with van der Waals surface area (Å²) < 4.78 is 18.0. The average molecular weight is 210 g/mol. The highest BCUT2D eigenvalue weighted by Crippen LogP contribution is 2.29. The van der Waals surface area contributed by atoms with Crippen molar-refractivity contribution in [3.05, 3.63) is 34.1 Å². The Morgan fingerprint density at radius 3 is 2.93 bits per heavy atom. The van der Waals surface area contributed by atoms with Gasteiger partial charge in [-0.2, -0.15) is 5.26 Å². The van der Waals surface area contributed by atoms with Crippen molar-refractivity contribution in [2.24, 2.45) is 0 Å². The summed E-state index contributed by atoms with van der Waals surface area (Å²) in [6.07, 6.45) is 0.0471. The van der Waals surface area contributed by atoms with Crippen LogP contribution in [0.25, 0.3) is 0 Å². The minimum atomic E-state index is -0.804. The van der Waals surface area contributed by atoms with Crippen molar-refractivity contribution >= 4 is 5.69 Å². The Balaban J connectivity index is 2.93. The molecule has 0 saturated heterocycles. The number of rotatable bonds is 4. The lowest BCUT2D eigenvalue weighted by molar-refractivity contribution is -0.386. The third-order valence-electron chi connectivity index (χ3n) is 1.60. The lowest BCUT2D eigenvalue weighted by atomic mass is 10.3. The first kappa shape index (κ1) is 10.9. The molecule has 0 aliphatic carbocycles. The van der Waals surface area contributed by atoms with Crippen LogP contribution in [-0.2, 0) is 0 Å². The van der Waals surface area contributed by atoms with E-state index in [1.54, 1.807) is 6.07 Å². The van der Waals surface area contributed by atoms with Gasteiger partial charge in [-0.25, -0.2) is 4.39 Å². The number of nitriles is 1. The lowest BCUT2D eigenvalue weighted by Gasteiger charge is -2.04. The highest BCUT2D eigenvalue weighted by molar-refractivity contribution is 5.46. The summed E-state index contributed by atoms with van der Waals surface area (Å²) in [4.78, 5) is 9.77. The Bertz CT molecular complexity index is 414. The topological polar surface area (TPSA) is 76.2 Å². The zero-order valence-corrected chi connectivity index (χ0v) is 7.64. The van der Waals surface area contributed by atoms with Crippen molar-refractivity contribution in [2.45, 2.75) is 6.42 Å². The van der Waals surface area contributed by atoms with Crippen LogP contribution in [0.5, 0.6) is 5.75 Å². The van der Waals surface area contributed by atoms with Crippen LogP contribution in [0.3, 0.4) is 0 Å². The molecule has 0 heterocycles. The van der Waals surface area contributed by atoms with Crippen LogP contribution in [0, 0.1) is 27.3 Å². The van der Waals surface area contributed by atoms with Gasteiger partial charge in [0.2, 0.25) is 5.75 Å². The molecule has 0 fully saturated rings. The Morgan fingerprint density at radius 2 is 2.33 bits per heavy atom. The molecule has 1 aromatic carbocycles. The van der Waals surface area contributed by atoms with Crippen LogP contribution >= 0.6 is 0 Å². The summed E-state index contributed by atoms with van der Waals surface area (Å²) >= 11 is 0. The average Bonchev–Trinajstić information content (AvgIpc) is 2.20. The second kappa shape index (κ2) is 4.91. The van der Waals surface area contributed by atoms with Gasteiger partial charge in [-0.15, -0.1) is 0 Å². The molecule has 0 radical (unpaired) electrons. The molecule has 0 aliphatic heterocycles. The van der Waals surface area contributed by atoms with E-state index >= 15 is 0 Å². The van der Waals surface area contributed by atoms with Crippen molar-refractivity contribution in [1.29, 1.82) is 5.26 Å². The molecule has 5 nitrogen and oxygen atoms in total. The molecule has 0 bridgehead atoms. The number of benzene rings is 1. The number of ether oxygens (including phenoxy) is 1. The van der Waals surface area contributed by atoms with Gasteiger partial charge in [0.05, 0.1) is 17.4 Å². The molecule has 6 heteroatoms. The molecule has 0 N–H and O–H groups in total. The molecule has 0 saturated carbocycles. The number of nitro benzene ring substituents is 1. The fraction of sp³-hybridized carbons (Fsp3) is 0.222. The molecule has 1 rings (SSSR count). The fourth-order valence-electron chi connectivity index (χ4n) is 0.983. The molecular weight excluding hydrogens is 203 g/mol. The van der Waals surface area contributed by atoms with E-state index in [-0.39, 0.29) is 13.0 Å². The number of para-hydroxylation sites is 1. The van der Waals surface area contributed by atoms with Gasteiger partial charge in [0.1, 0.15) is 6.61 Å². The van der Waals surface area contributed by atoms with E-state index in [4.69, 9.17) is 10.00 Å². The first-order valence-corrected chi connectivity index (χ1v) is 4.09. The van der Waals surface area contributed by atoms with Crippen molar-refractivity contribution in [2.75, 3.05) is 6.61 Å². The van der Waals surface area contributed by atoms with E-state index in [0.29, 0.717) is 0 Å². The summed E-state index contributed by atoms with van der Waals surface area (Å²) in [6, 6.07) is 5.22. The predicted octanol–water partition coefficient (Wildman–Crippen LogP) is 2.03. The van der Waals surface area contributed by atoms with Gasteiger partial charge in [-0.3, -0.25) is 10.1 Å². The molecule has 78 valence electrons. The summed E-state index contributed by atoms with van der Waals surface area (Å²) in [5.74, 6) is -1.22. The van der Waals surface area contributed by atoms with E-state index in [1.165, 1.54) is 6.07 Å². The Hall–Kier alpha value is -2.16. The monoisotopic (exact) mass is 210 g/mol.